The minimum absolute atomic E-state index is 0.0126. The van der Waals surface area contributed by atoms with Crippen molar-refractivity contribution >= 4 is 16.9 Å². The Morgan fingerprint density at radius 3 is 1.00 bits per heavy atom. The first-order valence-electron chi connectivity index (χ1n) is 14.0. The Morgan fingerprint density at radius 2 is 0.780 bits per heavy atom. The van der Waals surface area contributed by atoms with E-state index in [1.165, 1.54) is 31.4 Å². The van der Waals surface area contributed by atoms with Gasteiger partial charge in [0, 0.05) is 0 Å². The molecule has 0 bridgehead atoms. The molecule has 0 aliphatic rings. The molecule has 2 nitrogen and oxygen atoms in total. The molecule has 41 heavy (non-hydrogen) atoms. The van der Waals surface area contributed by atoms with Gasteiger partial charge in [0.2, 0.25) is 0 Å². The van der Waals surface area contributed by atoms with Gasteiger partial charge in [0.1, 0.15) is 5.82 Å². The first-order chi connectivity index (χ1) is 19.0. The largest absolute Gasteiger partial charge is 0.545 e. The Bertz CT molecular complexity index is 1280. The summed E-state index contributed by atoms with van der Waals surface area (Å²) in [6.45, 7) is 20.5. The van der Waals surface area contributed by atoms with Crippen LogP contribution >= 0.6 is 0 Å². The van der Waals surface area contributed by atoms with E-state index in [0.29, 0.717) is 0 Å². The molecule has 0 radical (unpaired) electrons. The average molecular weight is 571 g/mol. The van der Waals surface area contributed by atoms with E-state index < -0.39 is 11.8 Å². The van der Waals surface area contributed by atoms with Crippen molar-refractivity contribution in [3.63, 3.8) is 0 Å². The van der Waals surface area contributed by atoms with Gasteiger partial charge in [0.15, 0.2) is 14.7 Å². The quantitative estimate of drug-likeness (QED) is 0.230. The summed E-state index contributed by atoms with van der Waals surface area (Å²) in [5, 5.41) is 10.1. The highest BCUT2D eigenvalue weighted by molar-refractivity contribution is 7.97. The number of benzene rings is 4. The van der Waals surface area contributed by atoms with Crippen molar-refractivity contribution in [2.24, 2.45) is 0 Å². The third kappa shape index (κ3) is 8.81. The van der Waals surface area contributed by atoms with Crippen molar-refractivity contribution in [3.8, 4) is 0 Å². The van der Waals surface area contributed by atoms with Crippen LogP contribution in [0.3, 0.4) is 0 Å². The molecule has 0 aromatic heterocycles. The van der Waals surface area contributed by atoms with Crippen LogP contribution in [0.15, 0.2) is 112 Å². The second-order valence-corrected chi connectivity index (χ2v) is 15.5. The predicted octanol–water partition coefficient (Wildman–Crippen LogP) is 8.86. The zero-order valence-corrected chi connectivity index (χ0v) is 26.7. The summed E-state index contributed by atoms with van der Waals surface area (Å²) in [4.78, 5) is 14.2. The highest BCUT2D eigenvalue weighted by Crippen LogP contribution is 2.35. The molecule has 0 aliphatic heterocycles. The standard InChI is InChI=1S/C30H39S.C7H5FO2/c1-28(2,3)22-10-16-25(17-11-22)31(26-18-12-23(13-19-26)29(4,5)6)27-20-14-24(15-21-27)30(7,8)9;8-6-3-1-5(2-4-6)7(9)10/h10-21H,1-9H3;1-4H,(H,9,10)/q+1;/p-1. The van der Waals surface area contributed by atoms with Gasteiger partial charge in [0.05, 0.1) is 16.9 Å². The van der Waals surface area contributed by atoms with Gasteiger partial charge >= 0.3 is 0 Å². The fraction of sp³-hybridized carbons (Fsp3) is 0.324. The molecule has 0 atom stereocenters. The third-order valence-electron chi connectivity index (χ3n) is 6.95. The molecule has 0 unspecified atom stereocenters. The number of carboxylic acids is 1. The van der Waals surface area contributed by atoms with Gasteiger partial charge in [-0.05, 0) is 87.0 Å². The number of rotatable bonds is 4. The fourth-order valence-electron chi connectivity index (χ4n) is 4.27. The minimum atomic E-state index is -1.29. The monoisotopic (exact) mass is 570 g/mol. The number of hydrogen-bond acceptors (Lipinski definition) is 2. The van der Waals surface area contributed by atoms with Crippen molar-refractivity contribution < 1.29 is 14.3 Å². The van der Waals surface area contributed by atoms with E-state index in [2.05, 4.69) is 135 Å². The summed E-state index contributed by atoms with van der Waals surface area (Å²) in [5.41, 5.74) is 4.63. The van der Waals surface area contributed by atoms with Crippen LogP contribution in [0.1, 0.15) is 89.4 Å². The lowest BCUT2D eigenvalue weighted by molar-refractivity contribution is -0.255. The summed E-state index contributed by atoms with van der Waals surface area (Å²) in [6, 6.07) is 32.3. The number of carboxylic acid groups (broad SMARTS) is 1. The molecular weight excluding hydrogens is 527 g/mol. The van der Waals surface area contributed by atoms with Crippen LogP contribution in [-0.4, -0.2) is 5.97 Å². The van der Waals surface area contributed by atoms with E-state index in [0.717, 1.165) is 24.3 Å². The Balaban J connectivity index is 0.000000389. The fourth-order valence-corrected chi connectivity index (χ4v) is 6.31. The molecule has 4 aromatic carbocycles. The van der Waals surface area contributed by atoms with Gasteiger partial charge in [-0.3, -0.25) is 0 Å². The molecule has 4 aromatic rings. The molecule has 0 saturated carbocycles. The summed E-state index contributed by atoms with van der Waals surface area (Å²) in [6.07, 6.45) is 0. The van der Waals surface area contributed by atoms with Gasteiger partial charge in [-0.25, -0.2) is 4.39 Å². The van der Waals surface area contributed by atoms with Crippen molar-refractivity contribution in [1.82, 2.24) is 0 Å². The van der Waals surface area contributed by atoms with Crippen LogP contribution in [0.4, 0.5) is 4.39 Å². The molecule has 0 heterocycles. The summed E-state index contributed by atoms with van der Waals surface area (Å²) < 4.78 is 12.1. The van der Waals surface area contributed by atoms with E-state index >= 15 is 0 Å². The predicted molar refractivity (Wildman–Crippen MR) is 168 cm³/mol. The minimum Gasteiger partial charge on any atom is -0.545 e. The van der Waals surface area contributed by atoms with Crippen molar-refractivity contribution in [1.29, 1.82) is 0 Å². The van der Waals surface area contributed by atoms with Gasteiger partial charge in [-0.1, -0.05) is 111 Å². The zero-order chi connectivity index (χ0) is 30.6. The zero-order valence-electron chi connectivity index (χ0n) is 25.8. The molecule has 0 saturated heterocycles. The molecule has 4 heteroatoms. The second kappa shape index (κ2) is 12.7. The SMILES string of the molecule is CC(C)(C)c1ccc([S+](c2ccc(C(C)(C)C)cc2)c2ccc(C(C)(C)C)cc2)cc1.O=C([O-])c1ccc(F)cc1. The molecule has 0 fully saturated rings. The maximum Gasteiger partial charge on any atom is 0.166 e. The van der Waals surface area contributed by atoms with E-state index in [4.69, 9.17) is 0 Å². The second-order valence-electron chi connectivity index (χ2n) is 13.4. The normalized spacial score (nSPS) is 12.1. The first-order valence-corrected chi connectivity index (χ1v) is 15.2. The van der Waals surface area contributed by atoms with Gasteiger partial charge < -0.3 is 9.90 Å². The summed E-state index contributed by atoms with van der Waals surface area (Å²) in [5.74, 6) is -1.75. The topological polar surface area (TPSA) is 40.1 Å². The maximum atomic E-state index is 12.1. The smallest absolute Gasteiger partial charge is 0.166 e. The van der Waals surface area contributed by atoms with E-state index in [1.807, 2.05) is 0 Å². The third-order valence-corrected chi connectivity index (χ3v) is 9.18. The lowest BCUT2D eigenvalue weighted by Crippen LogP contribution is -2.21. The lowest BCUT2D eigenvalue weighted by atomic mass is 9.87. The van der Waals surface area contributed by atoms with E-state index in [-0.39, 0.29) is 32.7 Å². The first kappa shape index (κ1) is 32.1. The van der Waals surface area contributed by atoms with Crippen molar-refractivity contribution in [2.45, 2.75) is 93.2 Å². The average Bonchev–Trinajstić information content (AvgIpc) is 2.89. The van der Waals surface area contributed by atoms with E-state index in [1.54, 1.807) is 0 Å². The number of hydrogen-bond donors (Lipinski definition) is 0. The van der Waals surface area contributed by atoms with Crippen LogP contribution in [0.5, 0.6) is 0 Å². The highest BCUT2D eigenvalue weighted by Gasteiger charge is 2.30. The van der Waals surface area contributed by atoms with Crippen LogP contribution in [0.2, 0.25) is 0 Å². The van der Waals surface area contributed by atoms with Crippen molar-refractivity contribution in [2.75, 3.05) is 0 Å². The van der Waals surface area contributed by atoms with Crippen molar-refractivity contribution in [3.05, 3.63) is 125 Å². The van der Waals surface area contributed by atoms with Gasteiger partial charge in [-0.2, -0.15) is 0 Å². The molecule has 4 rings (SSSR count). The molecule has 0 amide bonds. The number of aromatic carboxylic acids is 1. The Hall–Kier alpha value is -3.37. The number of carbonyl (C=O) groups is 1. The molecular formula is C37H43FO2S. The van der Waals surface area contributed by atoms with Crippen LogP contribution in [-0.2, 0) is 27.1 Å². The number of carbonyl (C=O) groups excluding carboxylic acids is 1. The Morgan fingerprint density at radius 1 is 0.512 bits per heavy atom. The summed E-state index contributed by atoms with van der Waals surface area (Å²) in [7, 11) is -0.120. The molecule has 0 N–H and O–H groups in total. The lowest BCUT2D eigenvalue weighted by Gasteiger charge is -2.21. The highest BCUT2D eigenvalue weighted by atomic mass is 32.2. The maximum absolute atomic E-state index is 12.1. The molecule has 0 aliphatic carbocycles. The van der Waals surface area contributed by atoms with Crippen LogP contribution in [0, 0.1) is 5.82 Å². The summed E-state index contributed by atoms with van der Waals surface area (Å²) >= 11 is 0. The van der Waals surface area contributed by atoms with Gasteiger partial charge in [0.25, 0.3) is 0 Å². The molecule has 0 spiro atoms. The van der Waals surface area contributed by atoms with Gasteiger partial charge in [-0.15, -0.1) is 0 Å². The van der Waals surface area contributed by atoms with Crippen LogP contribution < -0.4 is 5.11 Å². The number of halogens is 1. The molecule has 216 valence electrons. The Kier molecular flexibility index (Phi) is 9.92. The Labute approximate surface area is 249 Å². The van der Waals surface area contributed by atoms with E-state index in [9.17, 15) is 14.3 Å². The van der Waals surface area contributed by atoms with Crippen LogP contribution in [0.25, 0.3) is 0 Å².